The summed E-state index contributed by atoms with van der Waals surface area (Å²) in [5.41, 5.74) is 1.53. The molecule has 8 heteroatoms. The van der Waals surface area contributed by atoms with Crippen molar-refractivity contribution in [1.82, 2.24) is 15.0 Å². The number of fused-ring (bicyclic) bond motifs is 2. The molecule has 1 saturated carbocycles. The highest BCUT2D eigenvalue weighted by molar-refractivity contribution is 6.03. The molecule has 3 aromatic heterocycles. The summed E-state index contributed by atoms with van der Waals surface area (Å²) in [6, 6.07) is 6.40. The normalized spacial score (nSPS) is 15.6. The number of anilines is 2. The number of hydrogen-bond acceptors (Lipinski definition) is 7. The molecule has 0 unspecified atom stereocenters. The zero-order valence-electron chi connectivity index (χ0n) is 18.5. The highest BCUT2D eigenvalue weighted by Crippen LogP contribution is 2.35. The Bertz CT molecular complexity index is 1350. The minimum absolute atomic E-state index is 0.0371. The summed E-state index contributed by atoms with van der Waals surface area (Å²) in [5.74, 6) is 1.55. The van der Waals surface area contributed by atoms with Crippen molar-refractivity contribution in [3.63, 3.8) is 0 Å². The standard InChI is InChI=1S/C21H19N5O3/c1-22-19-14-9-23-18(26-20(27)11-3-4-11)8-13(14)15(10-24-19)21-25-16-7-12(28-2)5-6-17(16)29-21/h5-11H,3-4H2,1-2H3,(H,22,24)(H,23,26,27)/i2D3. The van der Waals surface area contributed by atoms with E-state index < -0.39 is 7.04 Å². The molecule has 1 aliphatic rings. The smallest absolute Gasteiger partial charge is 0.229 e. The maximum atomic E-state index is 12.2. The van der Waals surface area contributed by atoms with Gasteiger partial charge in [-0.05, 0) is 31.0 Å². The lowest BCUT2D eigenvalue weighted by molar-refractivity contribution is -0.117. The van der Waals surface area contributed by atoms with Crippen LogP contribution in [0.5, 0.6) is 5.75 Å². The van der Waals surface area contributed by atoms with Gasteiger partial charge in [0.1, 0.15) is 22.9 Å². The van der Waals surface area contributed by atoms with Gasteiger partial charge in [-0.1, -0.05) is 0 Å². The molecule has 3 heterocycles. The third kappa shape index (κ3) is 3.12. The third-order valence-corrected chi connectivity index (χ3v) is 4.92. The second-order valence-electron chi connectivity index (χ2n) is 6.90. The molecule has 0 saturated heterocycles. The second-order valence-corrected chi connectivity index (χ2v) is 6.90. The molecule has 1 fully saturated rings. The van der Waals surface area contributed by atoms with E-state index in [1.165, 1.54) is 12.1 Å². The van der Waals surface area contributed by atoms with Gasteiger partial charge in [0.15, 0.2) is 5.58 Å². The van der Waals surface area contributed by atoms with Crippen LogP contribution in [0.15, 0.2) is 41.1 Å². The van der Waals surface area contributed by atoms with Crippen LogP contribution in [-0.4, -0.2) is 34.9 Å². The van der Waals surface area contributed by atoms with Crippen LogP contribution in [0.2, 0.25) is 0 Å². The molecule has 0 spiro atoms. The molecule has 1 amide bonds. The van der Waals surface area contributed by atoms with Gasteiger partial charge < -0.3 is 19.8 Å². The number of rotatable bonds is 5. The zero-order valence-corrected chi connectivity index (χ0v) is 15.5. The maximum Gasteiger partial charge on any atom is 0.229 e. The maximum absolute atomic E-state index is 12.2. The van der Waals surface area contributed by atoms with Gasteiger partial charge in [0.2, 0.25) is 11.8 Å². The number of ether oxygens (including phenoxy) is 1. The molecule has 2 N–H and O–H groups in total. The SMILES string of the molecule is [2H]C([2H])([2H])Oc1ccc2oc(-c3cnc(NC)c4cnc(NC(=O)C5CC5)cc34)nc2c1. The van der Waals surface area contributed by atoms with Gasteiger partial charge in [-0.15, -0.1) is 0 Å². The lowest BCUT2D eigenvalue weighted by atomic mass is 10.1. The molecule has 5 rings (SSSR count). The first kappa shape index (κ1) is 14.3. The van der Waals surface area contributed by atoms with Crippen LogP contribution in [0.1, 0.15) is 17.0 Å². The van der Waals surface area contributed by atoms with Crippen LogP contribution < -0.4 is 15.4 Å². The largest absolute Gasteiger partial charge is 0.497 e. The fraction of sp³-hybridized carbons (Fsp3) is 0.238. The van der Waals surface area contributed by atoms with E-state index in [-0.39, 0.29) is 17.6 Å². The van der Waals surface area contributed by atoms with Crippen molar-refractivity contribution in [2.24, 2.45) is 5.92 Å². The first-order valence-corrected chi connectivity index (χ1v) is 9.18. The summed E-state index contributed by atoms with van der Waals surface area (Å²) in [5, 5.41) is 7.38. The van der Waals surface area contributed by atoms with Crippen molar-refractivity contribution in [1.29, 1.82) is 0 Å². The Balaban J connectivity index is 1.58. The van der Waals surface area contributed by atoms with Crippen molar-refractivity contribution >= 4 is 39.4 Å². The van der Waals surface area contributed by atoms with Crippen LogP contribution in [-0.2, 0) is 4.79 Å². The van der Waals surface area contributed by atoms with Gasteiger partial charge in [-0.25, -0.2) is 15.0 Å². The van der Waals surface area contributed by atoms with Crippen molar-refractivity contribution in [2.75, 3.05) is 24.7 Å². The van der Waals surface area contributed by atoms with Gasteiger partial charge in [-0.3, -0.25) is 4.79 Å². The number of oxazole rings is 1. The first-order valence-electron chi connectivity index (χ1n) is 10.7. The highest BCUT2D eigenvalue weighted by Gasteiger charge is 2.30. The second kappa shape index (κ2) is 6.73. The number of nitrogens with one attached hydrogen (secondary N) is 2. The number of methoxy groups -OCH3 is 1. The Morgan fingerprint density at radius 2 is 2.14 bits per heavy atom. The van der Waals surface area contributed by atoms with E-state index in [0.717, 1.165) is 23.6 Å². The average molecular weight is 392 g/mol. The topological polar surface area (TPSA) is 102 Å². The number of pyridine rings is 2. The molecular weight excluding hydrogens is 370 g/mol. The fourth-order valence-corrected chi connectivity index (χ4v) is 3.23. The van der Waals surface area contributed by atoms with E-state index in [1.807, 2.05) is 0 Å². The Labute approximate surface area is 170 Å². The monoisotopic (exact) mass is 392 g/mol. The molecule has 0 bridgehead atoms. The summed E-state index contributed by atoms with van der Waals surface area (Å²) < 4.78 is 32.7. The molecule has 0 atom stereocenters. The van der Waals surface area contributed by atoms with Crippen LogP contribution in [0.3, 0.4) is 0 Å². The van der Waals surface area contributed by atoms with Crippen molar-refractivity contribution in [2.45, 2.75) is 12.8 Å². The van der Waals surface area contributed by atoms with E-state index in [2.05, 4.69) is 25.6 Å². The summed E-state index contributed by atoms with van der Waals surface area (Å²) in [7, 11) is -0.798. The molecule has 8 nitrogen and oxygen atoms in total. The van der Waals surface area contributed by atoms with E-state index >= 15 is 0 Å². The molecular formula is C21H19N5O3. The quantitative estimate of drug-likeness (QED) is 0.532. The predicted octanol–water partition coefficient (Wildman–Crippen LogP) is 3.84. The number of aromatic nitrogens is 3. The average Bonchev–Trinajstić information content (AvgIpc) is 3.51. The Morgan fingerprint density at radius 1 is 1.24 bits per heavy atom. The molecule has 4 aromatic rings. The van der Waals surface area contributed by atoms with E-state index in [0.29, 0.717) is 34.2 Å². The number of carbonyl (C=O) groups is 1. The van der Waals surface area contributed by atoms with Crippen molar-refractivity contribution < 1.29 is 18.1 Å². The minimum atomic E-state index is -2.56. The number of hydrogen-bond donors (Lipinski definition) is 2. The minimum Gasteiger partial charge on any atom is -0.497 e. The van der Waals surface area contributed by atoms with Gasteiger partial charge in [0.25, 0.3) is 0 Å². The number of carbonyl (C=O) groups excluding carboxylic acids is 1. The van der Waals surface area contributed by atoms with Gasteiger partial charge >= 0.3 is 0 Å². The summed E-state index contributed by atoms with van der Waals surface area (Å²) in [4.78, 5) is 25.5. The molecule has 146 valence electrons. The van der Waals surface area contributed by atoms with E-state index in [1.54, 1.807) is 31.6 Å². The summed E-state index contributed by atoms with van der Waals surface area (Å²) in [6.45, 7) is 0. The zero-order chi connectivity index (χ0) is 22.5. The van der Waals surface area contributed by atoms with Crippen LogP contribution >= 0.6 is 0 Å². The van der Waals surface area contributed by atoms with Crippen molar-refractivity contribution in [3.8, 4) is 17.2 Å². The number of amides is 1. The molecule has 1 aromatic carbocycles. The summed E-state index contributed by atoms with van der Waals surface area (Å²) >= 11 is 0. The molecule has 0 aliphatic heterocycles. The van der Waals surface area contributed by atoms with E-state index in [4.69, 9.17) is 13.3 Å². The van der Waals surface area contributed by atoms with E-state index in [9.17, 15) is 4.79 Å². The Kier molecular flexibility index (Phi) is 3.33. The van der Waals surface area contributed by atoms with Crippen LogP contribution in [0.4, 0.5) is 11.6 Å². The molecule has 29 heavy (non-hydrogen) atoms. The first-order chi connectivity index (χ1) is 15.3. The van der Waals surface area contributed by atoms with Gasteiger partial charge in [0, 0.05) is 42.2 Å². The molecule has 1 aliphatic carbocycles. The van der Waals surface area contributed by atoms with Crippen LogP contribution in [0, 0.1) is 5.92 Å². The predicted molar refractivity (Wildman–Crippen MR) is 110 cm³/mol. The third-order valence-electron chi connectivity index (χ3n) is 4.92. The van der Waals surface area contributed by atoms with Gasteiger partial charge in [0.05, 0.1) is 16.7 Å². The number of nitrogens with zero attached hydrogens (tertiary/aromatic N) is 3. The van der Waals surface area contributed by atoms with Gasteiger partial charge in [-0.2, -0.15) is 0 Å². The van der Waals surface area contributed by atoms with Crippen LogP contribution in [0.25, 0.3) is 33.3 Å². The summed E-state index contributed by atoms with van der Waals surface area (Å²) in [6.07, 6.45) is 5.07. The number of benzene rings is 1. The Hall–Kier alpha value is -3.68. The molecule has 0 radical (unpaired) electrons. The lowest BCUT2D eigenvalue weighted by Gasteiger charge is -2.10. The highest BCUT2D eigenvalue weighted by atomic mass is 16.5. The lowest BCUT2D eigenvalue weighted by Crippen LogP contribution is -2.14. The Morgan fingerprint density at radius 3 is 2.93 bits per heavy atom. The fourth-order valence-electron chi connectivity index (χ4n) is 3.23. The van der Waals surface area contributed by atoms with Crippen molar-refractivity contribution in [3.05, 3.63) is 36.7 Å².